The molecule has 5 nitrogen and oxygen atoms in total. The summed E-state index contributed by atoms with van der Waals surface area (Å²) >= 11 is 1.21. The van der Waals surface area contributed by atoms with Crippen LogP contribution in [0.3, 0.4) is 0 Å². The van der Waals surface area contributed by atoms with E-state index in [0.29, 0.717) is 5.16 Å². The zero-order chi connectivity index (χ0) is 15.9. The van der Waals surface area contributed by atoms with Gasteiger partial charge in [0.1, 0.15) is 5.82 Å². The largest absolute Gasteiger partial charge is 0.310 e. The Morgan fingerprint density at radius 2 is 2.09 bits per heavy atom. The van der Waals surface area contributed by atoms with Gasteiger partial charge in [-0.05, 0) is 17.9 Å². The van der Waals surface area contributed by atoms with Crippen LogP contribution in [0.25, 0.3) is 0 Å². The Labute approximate surface area is 128 Å². The number of carbonyl (C=O) groups excluding carboxylic acids is 1. The van der Waals surface area contributed by atoms with Gasteiger partial charge < -0.3 is 10.3 Å². The lowest BCUT2D eigenvalue weighted by molar-refractivity contribution is -0.116. The van der Waals surface area contributed by atoms with Gasteiger partial charge in [-0.3, -0.25) is 9.59 Å². The SMILES string of the molecule is CSc1nc2c(c(=O)[nH]1)[C@H](c1cccc(F)c1F)CC(=O)N2. The van der Waals surface area contributed by atoms with Crippen molar-refractivity contribution in [2.45, 2.75) is 17.5 Å². The van der Waals surface area contributed by atoms with E-state index >= 15 is 0 Å². The molecule has 0 saturated carbocycles. The van der Waals surface area contributed by atoms with E-state index < -0.39 is 29.0 Å². The van der Waals surface area contributed by atoms with Crippen LogP contribution in [0.15, 0.2) is 28.2 Å². The molecule has 1 aromatic carbocycles. The Bertz CT molecular complexity index is 822. The third-order valence-corrected chi connectivity index (χ3v) is 4.06. The van der Waals surface area contributed by atoms with Gasteiger partial charge in [0.2, 0.25) is 5.91 Å². The van der Waals surface area contributed by atoms with Crippen molar-refractivity contribution in [1.29, 1.82) is 0 Å². The number of hydrogen-bond acceptors (Lipinski definition) is 4. The fourth-order valence-electron chi connectivity index (χ4n) is 2.50. The maximum Gasteiger partial charge on any atom is 0.257 e. The molecule has 22 heavy (non-hydrogen) atoms. The average Bonchev–Trinajstić information content (AvgIpc) is 2.48. The van der Waals surface area contributed by atoms with Gasteiger partial charge in [-0.25, -0.2) is 13.8 Å². The van der Waals surface area contributed by atoms with Gasteiger partial charge in [0.05, 0.1) is 5.56 Å². The average molecular weight is 323 g/mol. The van der Waals surface area contributed by atoms with Crippen LogP contribution in [0.5, 0.6) is 0 Å². The number of carbonyl (C=O) groups is 1. The molecule has 0 unspecified atom stereocenters. The number of aromatic amines is 1. The summed E-state index contributed by atoms with van der Waals surface area (Å²) in [6.45, 7) is 0. The highest BCUT2D eigenvalue weighted by atomic mass is 32.2. The maximum atomic E-state index is 14.0. The summed E-state index contributed by atoms with van der Waals surface area (Å²) in [6, 6.07) is 3.70. The molecule has 0 bridgehead atoms. The number of aromatic nitrogens is 2. The first-order chi connectivity index (χ1) is 10.5. The fraction of sp³-hybridized carbons (Fsp3) is 0.214. The molecule has 1 aliphatic heterocycles. The molecular weight excluding hydrogens is 312 g/mol. The predicted molar refractivity (Wildman–Crippen MR) is 78.1 cm³/mol. The van der Waals surface area contributed by atoms with Crippen LogP contribution in [0.4, 0.5) is 14.6 Å². The molecule has 1 aromatic heterocycles. The molecule has 8 heteroatoms. The number of anilines is 1. The second-order valence-corrected chi connectivity index (χ2v) is 5.58. The van der Waals surface area contributed by atoms with E-state index in [2.05, 4.69) is 15.3 Å². The van der Waals surface area contributed by atoms with E-state index in [0.717, 1.165) is 6.07 Å². The molecule has 1 amide bonds. The van der Waals surface area contributed by atoms with Crippen LogP contribution < -0.4 is 10.9 Å². The van der Waals surface area contributed by atoms with Crippen LogP contribution in [0, 0.1) is 11.6 Å². The normalized spacial score (nSPS) is 17.0. The number of rotatable bonds is 2. The predicted octanol–water partition coefficient (Wildman–Crippen LogP) is 2.24. The molecule has 2 heterocycles. The summed E-state index contributed by atoms with van der Waals surface area (Å²) in [7, 11) is 0. The van der Waals surface area contributed by atoms with Crippen molar-refractivity contribution in [3.8, 4) is 0 Å². The Balaban J connectivity index is 2.22. The van der Waals surface area contributed by atoms with Crippen LogP contribution in [-0.2, 0) is 4.79 Å². The Kier molecular flexibility index (Phi) is 3.69. The third-order valence-electron chi connectivity index (χ3n) is 3.48. The molecule has 1 atom stereocenters. The monoisotopic (exact) mass is 323 g/mol. The number of benzene rings is 1. The number of H-pyrrole nitrogens is 1. The number of fused-ring (bicyclic) bond motifs is 1. The first-order valence-corrected chi connectivity index (χ1v) is 7.65. The van der Waals surface area contributed by atoms with E-state index in [-0.39, 0.29) is 23.4 Å². The molecule has 3 rings (SSSR count). The summed E-state index contributed by atoms with van der Waals surface area (Å²) in [5.74, 6) is -3.24. The maximum absolute atomic E-state index is 14.0. The van der Waals surface area contributed by atoms with Gasteiger partial charge >= 0.3 is 0 Å². The van der Waals surface area contributed by atoms with Crippen LogP contribution >= 0.6 is 11.8 Å². The number of hydrogen-bond donors (Lipinski definition) is 2. The highest BCUT2D eigenvalue weighted by Gasteiger charge is 2.33. The topological polar surface area (TPSA) is 74.8 Å². The minimum absolute atomic E-state index is 0.0275. The molecule has 2 aromatic rings. The summed E-state index contributed by atoms with van der Waals surface area (Å²) in [5, 5.41) is 2.85. The van der Waals surface area contributed by atoms with E-state index in [1.165, 1.54) is 23.9 Å². The fourth-order valence-corrected chi connectivity index (χ4v) is 2.88. The third kappa shape index (κ3) is 2.39. The lowest BCUT2D eigenvalue weighted by atomic mass is 9.86. The highest BCUT2D eigenvalue weighted by molar-refractivity contribution is 7.98. The van der Waals surface area contributed by atoms with Gasteiger partial charge in [-0.1, -0.05) is 23.9 Å². The van der Waals surface area contributed by atoms with Gasteiger partial charge in [0.25, 0.3) is 5.56 Å². The molecule has 0 saturated heterocycles. The summed E-state index contributed by atoms with van der Waals surface area (Å²) < 4.78 is 27.5. The van der Waals surface area contributed by atoms with Crippen molar-refractivity contribution in [2.24, 2.45) is 0 Å². The molecule has 114 valence electrons. The summed E-state index contributed by atoms with van der Waals surface area (Å²) in [4.78, 5) is 30.8. The van der Waals surface area contributed by atoms with Crippen molar-refractivity contribution in [2.75, 3.05) is 11.6 Å². The Morgan fingerprint density at radius 3 is 2.82 bits per heavy atom. The van der Waals surface area contributed by atoms with Crippen molar-refractivity contribution in [3.63, 3.8) is 0 Å². The van der Waals surface area contributed by atoms with Gasteiger partial charge in [-0.15, -0.1) is 0 Å². The van der Waals surface area contributed by atoms with Gasteiger partial charge in [0.15, 0.2) is 16.8 Å². The number of amides is 1. The van der Waals surface area contributed by atoms with Crippen molar-refractivity contribution in [1.82, 2.24) is 9.97 Å². The minimum atomic E-state index is -1.05. The molecule has 1 aliphatic rings. The van der Waals surface area contributed by atoms with E-state index in [4.69, 9.17) is 0 Å². The smallest absolute Gasteiger partial charge is 0.257 e. The van der Waals surface area contributed by atoms with E-state index in [1.54, 1.807) is 6.26 Å². The van der Waals surface area contributed by atoms with Crippen molar-refractivity contribution in [3.05, 3.63) is 51.3 Å². The lowest BCUT2D eigenvalue weighted by Gasteiger charge is -2.24. The molecule has 0 fully saturated rings. The molecular formula is C14H11F2N3O2S. The second-order valence-electron chi connectivity index (χ2n) is 4.79. The first-order valence-electron chi connectivity index (χ1n) is 6.43. The minimum Gasteiger partial charge on any atom is -0.310 e. The van der Waals surface area contributed by atoms with Gasteiger partial charge in [-0.2, -0.15) is 0 Å². The number of halogens is 2. The molecule has 0 radical (unpaired) electrons. The highest BCUT2D eigenvalue weighted by Crippen LogP contribution is 2.35. The zero-order valence-electron chi connectivity index (χ0n) is 11.4. The summed E-state index contributed by atoms with van der Waals surface area (Å²) in [5.41, 5.74) is -0.356. The number of nitrogens with zero attached hydrogens (tertiary/aromatic N) is 1. The molecule has 0 spiro atoms. The Morgan fingerprint density at radius 1 is 1.32 bits per heavy atom. The standard InChI is InChI=1S/C14H11F2N3O2S/c1-22-14-18-12-10(13(21)19-14)7(5-9(20)17-12)6-3-2-4-8(15)11(6)16/h2-4,7H,5H2,1H3,(H2,17,18,19,20,21)/t7-/m0/s1. The first kappa shape index (κ1) is 14.7. The quantitative estimate of drug-likeness (QED) is 0.656. The van der Waals surface area contributed by atoms with Crippen molar-refractivity contribution >= 4 is 23.5 Å². The second kappa shape index (κ2) is 5.53. The lowest BCUT2D eigenvalue weighted by Crippen LogP contribution is -2.31. The summed E-state index contributed by atoms with van der Waals surface area (Å²) in [6.07, 6.45) is 1.58. The number of nitrogens with one attached hydrogen (secondary N) is 2. The molecule has 2 N–H and O–H groups in total. The van der Waals surface area contributed by atoms with E-state index in [1.807, 2.05) is 0 Å². The zero-order valence-corrected chi connectivity index (χ0v) is 12.3. The van der Waals surface area contributed by atoms with Crippen LogP contribution in [-0.4, -0.2) is 22.1 Å². The van der Waals surface area contributed by atoms with Gasteiger partial charge in [0, 0.05) is 12.3 Å². The van der Waals surface area contributed by atoms with E-state index in [9.17, 15) is 18.4 Å². The van der Waals surface area contributed by atoms with Crippen molar-refractivity contribution < 1.29 is 13.6 Å². The van der Waals surface area contributed by atoms with Crippen LogP contribution in [0.1, 0.15) is 23.5 Å². The van der Waals surface area contributed by atoms with Crippen LogP contribution in [0.2, 0.25) is 0 Å². The number of thioether (sulfide) groups is 1. The molecule has 0 aliphatic carbocycles. The Hall–Kier alpha value is -2.22.